The molecule has 9 nitrogen and oxygen atoms in total. The minimum atomic E-state index is -1.37. The Bertz CT molecular complexity index is 770. The van der Waals surface area contributed by atoms with Crippen LogP contribution in [-0.2, 0) is 32.1 Å². The van der Waals surface area contributed by atoms with Gasteiger partial charge in [0, 0.05) is 16.9 Å². The summed E-state index contributed by atoms with van der Waals surface area (Å²) < 4.78 is 11.0. The van der Waals surface area contributed by atoms with Crippen LogP contribution in [0.3, 0.4) is 0 Å². The van der Waals surface area contributed by atoms with Crippen molar-refractivity contribution in [2.75, 3.05) is 44.7 Å². The third-order valence-corrected chi connectivity index (χ3v) is 6.01. The van der Waals surface area contributed by atoms with Gasteiger partial charge in [-0.25, -0.2) is 0 Å². The molecule has 1 aromatic heterocycles. The zero-order chi connectivity index (χ0) is 20.3. The first-order valence-corrected chi connectivity index (χ1v) is 10.1. The van der Waals surface area contributed by atoms with E-state index in [1.165, 1.54) is 4.90 Å². The van der Waals surface area contributed by atoms with Gasteiger partial charge >= 0.3 is 11.8 Å². The Morgan fingerprint density at radius 3 is 2.61 bits per heavy atom. The quantitative estimate of drug-likeness (QED) is 0.479. The number of rotatable bonds is 5. The second-order valence-corrected chi connectivity index (χ2v) is 8.65. The van der Waals surface area contributed by atoms with Gasteiger partial charge in [0.15, 0.2) is 0 Å². The predicted molar refractivity (Wildman–Crippen MR) is 99.2 cm³/mol. The molecule has 0 aromatic carbocycles. The third kappa shape index (κ3) is 4.88. The highest BCUT2D eigenvalue weighted by Gasteiger charge is 2.32. The van der Waals surface area contributed by atoms with E-state index in [1.54, 1.807) is 0 Å². The second kappa shape index (κ2) is 8.56. The van der Waals surface area contributed by atoms with Crippen molar-refractivity contribution >= 4 is 34.1 Å². The number of carboxylic acids is 1. The number of carbonyl (C=O) groups excluding carboxylic acids is 3. The number of quaternary nitrogens is 1. The lowest BCUT2D eigenvalue weighted by molar-refractivity contribution is -0.906. The summed E-state index contributed by atoms with van der Waals surface area (Å²) in [5.41, 5.74) is 0.0434. The first-order valence-electron chi connectivity index (χ1n) is 9.27. The Balaban J connectivity index is 1.61. The average Bonchev–Trinajstić information content (AvgIpc) is 2.98. The second-order valence-electron chi connectivity index (χ2n) is 7.54. The lowest BCUT2D eigenvalue weighted by Crippen LogP contribution is -3.14. The van der Waals surface area contributed by atoms with Crippen molar-refractivity contribution in [3.8, 4) is 0 Å². The SMILES string of the molecule is CC1(C)Cc2c(sc(NC(=O)C(=O)NCC[NH+]3CCOCC3)c2C(=O)[O-])CO1. The number of hydrogen-bond acceptors (Lipinski definition) is 7. The number of thiophene rings is 1. The number of anilines is 1. The molecule has 0 atom stereocenters. The van der Waals surface area contributed by atoms with E-state index in [2.05, 4.69) is 10.6 Å². The van der Waals surface area contributed by atoms with E-state index in [0.717, 1.165) is 29.3 Å². The number of fused-ring (bicyclic) bond motifs is 1. The van der Waals surface area contributed by atoms with Crippen LogP contribution in [-0.4, -0.2) is 62.8 Å². The van der Waals surface area contributed by atoms with E-state index in [1.807, 2.05) is 13.8 Å². The van der Waals surface area contributed by atoms with Gasteiger partial charge in [-0.2, -0.15) is 0 Å². The maximum absolute atomic E-state index is 12.2. The van der Waals surface area contributed by atoms with Crippen molar-refractivity contribution in [3.05, 3.63) is 16.0 Å². The Kier molecular flexibility index (Phi) is 6.33. The maximum Gasteiger partial charge on any atom is 0.314 e. The molecule has 2 aliphatic rings. The highest BCUT2D eigenvalue weighted by atomic mass is 32.1. The van der Waals surface area contributed by atoms with Crippen LogP contribution in [0.5, 0.6) is 0 Å². The number of hydrogen-bond donors (Lipinski definition) is 3. The van der Waals surface area contributed by atoms with E-state index in [9.17, 15) is 19.5 Å². The van der Waals surface area contributed by atoms with Gasteiger partial charge in [0.05, 0.1) is 44.5 Å². The zero-order valence-corrected chi connectivity index (χ0v) is 16.8. The summed E-state index contributed by atoms with van der Waals surface area (Å²) >= 11 is 1.11. The van der Waals surface area contributed by atoms with E-state index in [-0.39, 0.29) is 17.2 Å². The van der Waals surface area contributed by atoms with Gasteiger partial charge in [-0.1, -0.05) is 0 Å². The van der Waals surface area contributed by atoms with Gasteiger partial charge in [0.1, 0.15) is 18.1 Å². The molecule has 0 saturated carbocycles. The lowest BCUT2D eigenvalue weighted by atomic mass is 9.93. The molecule has 0 aliphatic carbocycles. The predicted octanol–water partition coefficient (Wildman–Crippen LogP) is -2.07. The normalized spacial score (nSPS) is 18.9. The summed E-state index contributed by atoms with van der Waals surface area (Å²) in [7, 11) is 0. The number of carbonyl (C=O) groups is 3. The molecule has 0 radical (unpaired) electrons. The first-order chi connectivity index (χ1) is 13.3. The topological polar surface area (TPSA) is 121 Å². The number of ether oxygens (including phenoxy) is 2. The summed E-state index contributed by atoms with van der Waals surface area (Å²) in [5.74, 6) is -3.06. The van der Waals surface area contributed by atoms with Crippen LogP contribution >= 0.6 is 11.3 Å². The monoisotopic (exact) mass is 411 g/mol. The molecular formula is C18H25N3O6S. The molecule has 0 bridgehead atoms. The van der Waals surface area contributed by atoms with Gasteiger partial charge < -0.3 is 34.9 Å². The Hall–Kier alpha value is -2.01. The Labute approximate surface area is 167 Å². The molecule has 3 rings (SSSR count). The molecule has 2 amide bonds. The molecule has 1 aromatic rings. The van der Waals surface area contributed by atoms with Crippen molar-refractivity contribution in [1.29, 1.82) is 0 Å². The van der Waals surface area contributed by atoms with E-state index in [4.69, 9.17) is 9.47 Å². The largest absolute Gasteiger partial charge is 0.545 e. The smallest absolute Gasteiger partial charge is 0.314 e. The van der Waals surface area contributed by atoms with Crippen LogP contribution in [0.1, 0.15) is 34.6 Å². The molecule has 0 spiro atoms. The summed E-state index contributed by atoms with van der Waals surface area (Å²) in [4.78, 5) is 38.0. The molecule has 3 heterocycles. The number of morpholine rings is 1. The fourth-order valence-electron chi connectivity index (χ4n) is 3.36. The van der Waals surface area contributed by atoms with Gasteiger partial charge in [-0.05, 0) is 19.4 Å². The minimum absolute atomic E-state index is 0.0599. The minimum Gasteiger partial charge on any atom is -0.545 e. The number of nitrogens with one attached hydrogen (secondary N) is 3. The fourth-order valence-corrected chi connectivity index (χ4v) is 4.47. The molecule has 154 valence electrons. The summed E-state index contributed by atoms with van der Waals surface area (Å²) in [6, 6.07) is 0. The van der Waals surface area contributed by atoms with E-state index < -0.39 is 23.4 Å². The van der Waals surface area contributed by atoms with Crippen LogP contribution < -0.4 is 20.6 Å². The molecule has 28 heavy (non-hydrogen) atoms. The molecule has 1 fully saturated rings. The lowest BCUT2D eigenvalue weighted by Gasteiger charge is -2.30. The summed E-state index contributed by atoms with van der Waals surface area (Å²) in [5, 5.41) is 16.8. The standard InChI is InChI=1S/C18H25N3O6S/c1-18(2)9-11-12(10-27-18)28-16(13(11)17(24)25)20-15(23)14(22)19-3-4-21-5-7-26-8-6-21/h3-10H2,1-2H3,(H,19,22)(H,20,23)(H,24,25). The molecule has 2 aliphatic heterocycles. The van der Waals surface area contributed by atoms with Crippen molar-refractivity contribution in [2.24, 2.45) is 0 Å². The average molecular weight is 411 g/mol. The van der Waals surface area contributed by atoms with Crippen LogP contribution in [0.2, 0.25) is 0 Å². The van der Waals surface area contributed by atoms with Crippen LogP contribution in [0.25, 0.3) is 0 Å². The molecule has 3 N–H and O–H groups in total. The number of amides is 2. The van der Waals surface area contributed by atoms with Crippen LogP contribution in [0, 0.1) is 0 Å². The van der Waals surface area contributed by atoms with E-state index in [0.29, 0.717) is 38.3 Å². The highest BCUT2D eigenvalue weighted by molar-refractivity contribution is 7.17. The molecule has 10 heteroatoms. The Morgan fingerprint density at radius 2 is 1.93 bits per heavy atom. The summed E-state index contributed by atoms with van der Waals surface area (Å²) in [6.07, 6.45) is 0.395. The Morgan fingerprint density at radius 1 is 1.21 bits per heavy atom. The van der Waals surface area contributed by atoms with Gasteiger partial charge in [-0.3, -0.25) is 9.59 Å². The zero-order valence-electron chi connectivity index (χ0n) is 16.0. The fraction of sp³-hybridized carbons (Fsp3) is 0.611. The van der Waals surface area contributed by atoms with Crippen molar-refractivity contribution in [3.63, 3.8) is 0 Å². The van der Waals surface area contributed by atoms with Crippen molar-refractivity contribution in [1.82, 2.24) is 5.32 Å². The van der Waals surface area contributed by atoms with Crippen molar-refractivity contribution < 1.29 is 33.9 Å². The van der Waals surface area contributed by atoms with E-state index >= 15 is 0 Å². The third-order valence-electron chi connectivity index (χ3n) is 4.89. The molecular weight excluding hydrogens is 386 g/mol. The van der Waals surface area contributed by atoms with Gasteiger partial charge in [0.2, 0.25) is 0 Å². The maximum atomic E-state index is 12.2. The van der Waals surface area contributed by atoms with Crippen molar-refractivity contribution in [2.45, 2.75) is 32.5 Å². The van der Waals surface area contributed by atoms with Crippen LogP contribution in [0.4, 0.5) is 5.00 Å². The molecule has 1 saturated heterocycles. The first kappa shape index (κ1) is 20.7. The highest BCUT2D eigenvalue weighted by Crippen LogP contribution is 2.40. The molecule has 0 unspecified atom stereocenters. The van der Waals surface area contributed by atoms with Gasteiger partial charge in [-0.15, -0.1) is 11.3 Å². The number of carboxylic acid groups (broad SMARTS) is 1. The summed E-state index contributed by atoms with van der Waals surface area (Å²) in [6.45, 7) is 8.19. The van der Waals surface area contributed by atoms with Crippen LogP contribution in [0.15, 0.2) is 0 Å². The van der Waals surface area contributed by atoms with Gasteiger partial charge in [0.25, 0.3) is 0 Å². The number of aromatic carboxylic acids is 1.